The van der Waals surface area contributed by atoms with Gasteiger partial charge < -0.3 is 20.6 Å². The Morgan fingerprint density at radius 2 is 2.03 bits per heavy atom. The molecule has 0 fully saturated rings. The van der Waals surface area contributed by atoms with Gasteiger partial charge >= 0.3 is 0 Å². The van der Waals surface area contributed by atoms with Gasteiger partial charge in [-0.2, -0.15) is 0 Å². The maximum atomic E-state index is 14.4. The molecule has 0 aliphatic carbocycles. The predicted molar refractivity (Wildman–Crippen MR) is 139 cm³/mol. The monoisotopic (exact) mass is 485 g/mol. The number of amides is 1. The summed E-state index contributed by atoms with van der Waals surface area (Å²) in [5.41, 5.74) is 3.42. The lowest BCUT2D eigenvalue weighted by Crippen LogP contribution is -2.38. The molecule has 4 aromatic heterocycles. The third-order valence-electron chi connectivity index (χ3n) is 5.60. The lowest BCUT2D eigenvalue weighted by atomic mass is 10.1. The van der Waals surface area contributed by atoms with Gasteiger partial charge in [-0.15, -0.1) is 0 Å². The van der Waals surface area contributed by atoms with Gasteiger partial charge in [0.05, 0.1) is 11.2 Å². The van der Waals surface area contributed by atoms with Crippen LogP contribution in [0.1, 0.15) is 18.2 Å². The van der Waals surface area contributed by atoms with Crippen LogP contribution in [0.25, 0.3) is 33.3 Å². The number of carbonyl (C=O) groups is 1. The number of halogens is 2. The highest BCUT2D eigenvalue weighted by Crippen LogP contribution is 2.28. The van der Waals surface area contributed by atoms with Crippen molar-refractivity contribution in [2.75, 3.05) is 11.9 Å². The number of hydrogen-bond acceptors (Lipinski definition) is 5. The van der Waals surface area contributed by atoms with E-state index in [9.17, 15) is 9.18 Å². The number of rotatable bonds is 7. The number of aromatic nitrogens is 5. The van der Waals surface area contributed by atoms with Crippen LogP contribution >= 0.6 is 11.6 Å². The summed E-state index contributed by atoms with van der Waals surface area (Å²) in [6, 6.07) is 9.03. The zero-order valence-corrected chi connectivity index (χ0v) is 18.9. The number of nitrogens with one attached hydrogen (secondary N) is 4. The Morgan fingerprint density at radius 3 is 2.91 bits per heavy atom. The number of anilines is 1. The van der Waals surface area contributed by atoms with Gasteiger partial charge in [-0.25, -0.2) is 19.3 Å². The first kappa shape index (κ1) is 21.8. The third kappa shape index (κ3) is 4.29. The first-order valence-electron chi connectivity index (χ1n) is 10.7. The second-order valence-electron chi connectivity index (χ2n) is 7.91. The minimum Gasteiger partial charge on any atom is -0.361 e. The van der Waals surface area contributed by atoms with Gasteiger partial charge in [0.25, 0.3) is 0 Å². The number of fused-ring (bicyclic) bond motifs is 2. The van der Waals surface area contributed by atoms with E-state index in [-0.39, 0.29) is 23.3 Å². The SMILES string of the molecule is C[C@H](Nc1nc(-c2c[nH]c3ncc(Cl)cc23)ncc1F)C(=O)NCCc1c[nH]c2ccccc12.[HH].[HH].[HH].[HH]. The standard InChI is InChI=1S/C24H21ClFN7O.4H2/c1-13(24(34)27-7-6-14-9-28-20-5-3-2-4-16(14)20)32-23-19(26)12-31-22(33-23)18-11-30-21-17(18)8-15(25)10-29-21;;;;/h2-5,8-13,28H,6-7H2,1H3,(H,27,34)(H,29,30)(H,31,32,33);4*1H/t13-;;;;/m0..../s1. The molecule has 34 heavy (non-hydrogen) atoms. The highest BCUT2D eigenvalue weighted by molar-refractivity contribution is 6.31. The molecular weight excluding hydrogens is 457 g/mol. The van der Waals surface area contributed by atoms with E-state index in [1.54, 1.807) is 19.2 Å². The second-order valence-corrected chi connectivity index (χ2v) is 8.35. The minimum absolute atomic E-state index is 0. The van der Waals surface area contributed by atoms with Crippen molar-refractivity contribution in [3.63, 3.8) is 0 Å². The summed E-state index contributed by atoms with van der Waals surface area (Å²) in [6.07, 6.45) is 6.91. The average Bonchev–Trinajstić information content (AvgIpc) is 3.44. The number of H-pyrrole nitrogens is 2. The van der Waals surface area contributed by atoms with Gasteiger partial charge in [-0.1, -0.05) is 29.8 Å². The van der Waals surface area contributed by atoms with Gasteiger partial charge in [0.2, 0.25) is 5.91 Å². The first-order valence-corrected chi connectivity index (χ1v) is 11.1. The maximum Gasteiger partial charge on any atom is 0.242 e. The quantitative estimate of drug-likeness (QED) is 0.245. The Labute approximate surface area is 204 Å². The molecule has 1 aromatic carbocycles. The number of carbonyl (C=O) groups excluding carboxylic acids is 1. The second kappa shape index (κ2) is 9.11. The molecule has 10 heteroatoms. The van der Waals surface area contributed by atoms with Crippen LogP contribution in [-0.4, -0.2) is 43.4 Å². The summed E-state index contributed by atoms with van der Waals surface area (Å²) in [6.45, 7) is 2.10. The number of pyridine rings is 1. The highest BCUT2D eigenvalue weighted by Gasteiger charge is 2.18. The Hall–Kier alpha value is -3.98. The van der Waals surface area contributed by atoms with Crippen LogP contribution in [0.4, 0.5) is 10.2 Å². The molecule has 0 aliphatic heterocycles. The van der Waals surface area contributed by atoms with Gasteiger partial charge in [0.1, 0.15) is 11.7 Å². The van der Waals surface area contributed by atoms with Gasteiger partial charge in [0, 0.05) is 52.7 Å². The normalized spacial score (nSPS) is 12.2. The van der Waals surface area contributed by atoms with Crippen molar-refractivity contribution in [1.82, 2.24) is 30.2 Å². The molecule has 0 spiro atoms. The molecule has 1 amide bonds. The summed E-state index contributed by atoms with van der Waals surface area (Å²) in [5, 5.41) is 8.05. The molecule has 5 aromatic rings. The molecule has 4 N–H and O–H groups in total. The molecular formula is C24H29ClFN7O. The van der Waals surface area contributed by atoms with E-state index in [0.29, 0.717) is 34.6 Å². The van der Waals surface area contributed by atoms with Crippen molar-refractivity contribution in [2.24, 2.45) is 0 Å². The molecule has 5 rings (SSSR count). The Kier molecular flexibility index (Phi) is 5.85. The van der Waals surface area contributed by atoms with Crippen LogP contribution in [0.15, 0.2) is 55.1 Å². The highest BCUT2D eigenvalue weighted by atomic mass is 35.5. The first-order chi connectivity index (χ1) is 16.5. The van der Waals surface area contributed by atoms with E-state index >= 15 is 0 Å². The van der Waals surface area contributed by atoms with E-state index in [2.05, 4.69) is 35.6 Å². The predicted octanol–water partition coefficient (Wildman–Crippen LogP) is 5.44. The topological polar surface area (TPSA) is 111 Å². The Bertz CT molecular complexity index is 1510. The van der Waals surface area contributed by atoms with E-state index in [0.717, 1.165) is 22.7 Å². The van der Waals surface area contributed by atoms with E-state index < -0.39 is 11.9 Å². The fourth-order valence-electron chi connectivity index (χ4n) is 3.84. The summed E-state index contributed by atoms with van der Waals surface area (Å²) < 4.78 is 14.4. The van der Waals surface area contributed by atoms with Crippen LogP contribution in [-0.2, 0) is 11.2 Å². The number of nitrogens with zero attached hydrogens (tertiary/aromatic N) is 3. The summed E-state index contributed by atoms with van der Waals surface area (Å²) in [4.78, 5) is 31.5. The van der Waals surface area contributed by atoms with Gasteiger partial charge in [-0.05, 0) is 31.0 Å². The smallest absolute Gasteiger partial charge is 0.242 e. The number of aromatic amines is 2. The van der Waals surface area contributed by atoms with Crippen LogP contribution in [0, 0.1) is 5.82 Å². The summed E-state index contributed by atoms with van der Waals surface area (Å²) >= 11 is 6.06. The largest absolute Gasteiger partial charge is 0.361 e. The van der Waals surface area contributed by atoms with Crippen LogP contribution in [0.5, 0.6) is 0 Å². The van der Waals surface area contributed by atoms with Crippen molar-refractivity contribution in [3.05, 3.63) is 71.5 Å². The summed E-state index contributed by atoms with van der Waals surface area (Å²) in [5.74, 6) is -0.694. The zero-order chi connectivity index (χ0) is 23.7. The number of para-hydroxylation sites is 1. The van der Waals surface area contributed by atoms with Crippen LogP contribution in [0.2, 0.25) is 5.02 Å². The van der Waals surface area contributed by atoms with E-state index in [1.165, 1.54) is 6.20 Å². The van der Waals surface area contributed by atoms with Crippen LogP contribution < -0.4 is 10.6 Å². The fourth-order valence-corrected chi connectivity index (χ4v) is 4.00. The van der Waals surface area contributed by atoms with Crippen molar-refractivity contribution >= 4 is 45.3 Å². The average molecular weight is 486 g/mol. The van der Waals surface area contributed by atoms with Crippen molar-refractivity contribution in [1.29, 1.82) is 0 Å². The molecule has 0 saturated heterocycles. The van der Waals surface area contributed by atoms with Crippen molar-refractivity contribution in [3.8, 4) is 11.4 Å². The van der Waals surface area contributed by atoms with Gasteiger partial charge in [-0.3, -0.25) is 4.79 Å². The fraction of sp³-hybridized carbons (Fsp3) is 0.167. The molecule has 0 aliphatic rings. The minimum atomic E-state index is -0.709. The zero-order valence-electron chi connectivity index (χ0n) is 18.2. The molecule has 0 unspecified atom stereocenters. The van der Waals surface area contributed by atoms with E-state index in [4.69, 9.17) is 11.6 Å². The molecule has 0 bridgehead atoms. The van der Waals surface area contributed by atoms with Crippen LogP contribution in [0.3, 0.4) is 0 Å². The van der Waals surface area contributed by atoms with Crippen molar-refractivity contribution < 1.29 is 14.9 Å². The Morgan fingerprint density at radius 1 is 1.18 bits per heavy atom. The molecule has 1 atom stereocenters. The number of hydrogen-bond donors (Lipinski definition) is 4. The summed E-state index contributed by atoms with van der Waals surface area (Å²) in [7, 11) is 0. The molecule has 0 radical (unpaired) electrons. The van der Waals surface area contributed by atoms with Crippen molar-refractivity contribution in [2.45, 2.75) is 19.4 Å². The lowest BCUT2D eigenvalue weighted by Gasteiger charge is -2.15. The molecule has 8 nitrogen and oxygen atoms in total. The molecule has 4 heterocycles. The lowest BCUT2D eigenvalue weighted by molar-refractivity contribution is -0.121. The Balaban J connectivity index is 0.00000180. The number of benzene rings is 1. The maximum absolute atomic E-state index is 14.4. The third-order valence-corrected chi connectivity index (χ3v) is 5.80. The molecule has 0 saturated carbocycles. The molecule has 180 valence electrons. The van der Waals surface area contributed by atoms with E-state index in [1.807, 2.05) is 30.5 Å². The van der Waals surface area contributed by atoms with Gasteiger partial charge in [0.15, 0.2) is 17.5 Å².